The fourth-order valence-corrected chi connectivity index (χ4v) is 3.92. The van der Waals surface area contributed by atoms with Crippen LogP contribution >= 0.6 is 0 Å². The van der Waals surface area contributed by atoms with E-state index >= 15 is 0 Å². The number of aliphatic hydroxyl groups excluding tert-OH is 1. The zero-order valence-corrected chi connectivity index (χ0v) is 7.66. The first-order chi connectivity index (χ1) is 6.02. The van der Waals surface area contributed by atoms with E-state index in [9.17, 15) is 15.0 Å². The summed E-state index contributed by atoms with van der Waals surface area (Å²) >= 11 is 0. The van der Waals surface area contributed by atoms with Gasteiger partial charge in [0.1, 0.15) is 11.4 Å². The molecule has 0 aliphatic heterocycles. The van der Waals surface area contributed by atoms with Crippen LogP contribution in [0.4, 0.5) is 0 Å². The van der Waals surface area contributed by atoms with Gasteiger partial charge in [0, 0.05) is 5.92 Å². The Balaban J connectivity index is 2.23. The molecule has 0 aromatic heterocycles. The van der Waals surface area contributed by atoms with Crippen LogP contribution in [-0.4, -0.2) is 27.7 Å². The summed E-state index contributed by atoms with van der Waals surface area (Å²) in [6.45, 7) is 1.82. The van der Waals surface area contributed by atoms with Crippen LogP contribution in [0.15, 0.2) is 0 Å². The lowest BCUT2D eigenvalue weighted by Crippen LogP contribution is -2.50. The molecule has 0 amide bonds. The maximum absolute atomic E-state index is 11.8. The van der Waals surface area contributed by atoms with Crippen LogP contribution in [0.25, 0.3) is 0 Å². The Bertz CT molecular complexity index is 301. The van der Waals surface area contributed by atoms with Crippen LogP contribution in [0.5, 0.6) is 0 Å². The van der Waals surface area contributed by atoms with Crippen LogP contribution < -0.4 is 0 Å². The number of rotatable bonds is 0. The van der Waals surface area contributed by atoms with E-state index < -0.39 is 17.1 Å². The van der Waals surface area contributed by atoms with Crippen LogP contribution in [0.2, 0.25) is 0 Å². The van der Waals surface area contributed by atoms with Crippen molar-refractivity contribution in [2.24, 2.45) is 17.3 Å². The van der Waals surface area contributed by atoms with Gasteiger partial charge in [-0.15, -0.1) is 0 Å². The van der Waals surface area contributed by atoms with Gasteiger partial charge in [-0.1, -0.05) is 0 Å². The molecule has 2 N–H and O–H groups in total. The van der Waals surface area contributed by atoms with Crippen LogP contribution in [0.1, 0.15) is 26.2 Å². The predicted octanol–water partition coefficient (Wildman–Crippen LogP) is 0.0973. The van der Waals surface area contributed by atoms with E-state index in [1.807, 2.05) is 6.92 Å². The number of carbonyl (C=O) groups excluding carboxylic acids is 1. The number of Topliss-reactive ketones (excluding diaryl/α,β-unsaturated/α-hetero) is 1. The molecule has 0 heterocycles. The molecule has 0 radical (unpaired) electrons. The Morgan fingerprint density at radius 3 is 2.77 bits per heavy atom. The third-order valence-corrected chi connectivity index (χ3v) is 4.75. The molecule has 3 nitrogen and oxygen atoms in total. The molecule has 2 bridgehead atoms. The van der Waals surface area contributed by atoms with Gasteiger partial charge in [-0.3, -0.25) is 4.79 Å². The van der Waals surface area contributed by atoms with Gasteiger partial charge in [-0.25, -0.2) is 0 Å². The topological polar surface area (TPSA) is 57.5 Å². The molecule has 3 heteroatoms. The van der Waals surface area contributed by atoms with Crippen molar-refractivity contribution in [3.8, 4) is 0 Å². The van der Waals surface area contributed by atoms with Gasteiger partial charge in [-0.05, 0) is 32.1 Å². The van der Waals surface area contributed by atoms with Gasteiger partial charge in [0.25, 0.3) is 0 Å². The third kappa shape index (κ3) is 0.536. The van der Waals surface area contributed by atoms with E-state index in [1.54, 1.807) is 0 Å². The van der Waals surface area contributed by atoms with E-state index in [1.165, 1.54) is 0 Å². The van der Waals surface area contributed by atoms with Crippen LogP contribution in [-0.2, 0) is 4.79 Å². The van der Waals surface area contributed by atoms with Crippen molar-refractivity contribution in [1.82, 2.24) is 0 Å². The smallest absolute Gasteiger partial charge is 0.147 e. The SMILES string of the molecule is CC12CCC3CC(C1=O)C(O)C32O. The first-order valence-corrected chi connectivity index (χ1v) is 4.96. The monoisotopic (exact) mass is 182 g/mol. The lowest BCUT2D eigenvalue weighted by Gasteiger charge is -2.36. The Morgan fingerprint density at radius 1 is 1.54 bits per heavy atom. The summed E-state index contributed by atoms with van der Waals surface area (Å²) in [6, 6.07) is 0. The maximum atomic E-state index is 11.8. The molecule has 3 aliphatic carbocycles. The van der Waals surface area contributed by atoms with Gasteiger partial charge >= 0.3 is 0 Å². The molecule has 0 aromatic rings. The molecule has 3 rings (SSSR count). The minimum absolute atomic E-state index is 0.0938. The fourth-order valence-electron chi connectivity index (χ4n) is 3.92. The predicted molar refractivity (Wildman–Crippen MR) is 44.9 cm³/mol. The summed E-state index contributed by atoms with van der Waals surface area (Å²) in [5.41, 5.74) is -1.73. The van der Waals surface area contributed by atoms with Gasteiger partial charge in [0.05, 0.1) is 11.5 Å². The number of carbonyl (C=O) groups is 1. The van der Waals surface area contributed by atoms with E-state index in [2.05, 4.69) is 0 Å². The van der Waals surface area contributed by atoms with Crippen molar-refractivity contribution in [2.45, 2.75) is 37.9 Å². The van der Waals surface area contributed by atoms with Crippen molar-refractivity contribution in [2.75, 3.05) is 0 Å². The molecule has 13 heavy (non-hydrogen) atoms. The fraction of sp³-hybridized carbons (Fsp3) is 0.900. The minimum Gasteiger partial charge on any atom is -0.389 e. The Kier molecular flexibility index (Phi) is 1.12. The molecule has 72 valence electrons. The molecule has 0 aromatic carbocycles. The van der Waals surface area contributed by atoms with Gasteiger partial charge in [-0.2, -0.15) is 0 Å². The largest absolute Gasteiger partial charge is 0.389 e. The van der Waals surface area contributed by atoms with Crippen molar-refractivity contribution < 1.29 is 15.0 Å². The highest BCUT2D eigenvalue weighted by atomic mass is 16.4. The second kappa shape index (κ2) is 1.84. The molecule has 0 spiro atoms. The van der Waals surface area contributed by atoms with E-state index in [4.69, 9.17) is 0 Å². The van der Waals surface area contributed by atoms with Crippen LogP contribution in [0.3, 0.4) is 0 Å². The summed E-state index contributed by atoms with van der Waals surface area (Å²) in [5.74, 6) is -0.0195. The van der Waals surface area contributed by atoms with E-state index in [-0.39, 0.29) is 17.6 Å². The Hall–Kier alpha value is -0.410. The normalized spacial score (nSPS) is 63.6. The van der Waals surface area contributed by atoms with E-state index in [0.29, 0.717) is 6.42 Å². The lowest BCUT2D eigenvalue weighted by atomic mass is 9.72. The molecule has 5 unspecified atom stereocenters. The molecule has 5 atom stereocenters. The summed E-state index contributed by atoms with van der Waals surface area (Å²) in [5, 5.41) is 20.2. The van der Waals surface area contributed by atoms with Gasteiger partial charge < -0.3 is 10.2 Å². The quantitative estimate of drug-likeness (QED) is 0.558. The zero-order chi connectivity index (χ0) is 9.43. The van der Waals surface area contributed by atoms with Crippen molar-refractivity contribution >= 4 is 5.78 Å². The standard InChI is InChI=1S/C10H14O3/c1-9-3-2-5-4-6(7(9)11)8(12)10(5,9)13/h5-6,8,12-13H,2-4H2,1H3. The van der Waals surface area contributed by atoms with Gasteiger partial charge in [0.15, 0.2) is 0 Å². The Labute approximate surface area is 76.8 Å². The number of hydrogen-bond donors (Lipinski definition) is 2. The highest BCUT2D eigenvalue weighted by molar-refractivity contribution is 5.93. The summed E-state index contributed by atoms with van der Waals surface area (Å²) < 4.78 is 0. The number of aliphatic hydroxyl groups is 2. The average Bonchev–Trinajstić information content (AvgIpc) is 2.48. The molecule has 0 saturated heterocycles. The minimum atomic E-state index is -1.09. The zero-order valence-electron chi connectivity index (χ0n) is 7.66. The maximum Gasteiger partial charge on any atom is 0.147 e. The van der Waals surface area contributed by atoms with Crippen molar-refractivity contribution in [3.63, 3.8) is 0 Å². The van der Waals surface area contributed by atoms with Crippen molar-refractivity contribution in [3.05, 3.63) is 0 Å². The summed E-state index contributed by atoms with van der Waals surface area (Å²) in [4.78, 5) is 11.8. The Morgan fingerprint density at radius 2 is 2.23 bits per heavy atom. The first kappa shape index (κ1) is 7.94. The summed E-state index contributed by atoms with van der Waals surface area (Å²) in [7, 11) is 0. The average molecular weight is 182 g/mol. The molecular weight excluding hydrogens is 168 g/mol. The molecule has 3 saturated carbocycles. The summed E-state index contributed by atoms with van der Waals surface area (Å²) in [6.07, 6.45) is 1.55. The highest BCUT2D eigenvalue weighted by Crippen LogP contribution is 2.66. The number of fused-ring (bicyclic) bond motifs is 1. The van der Waals surface area contributed by atoms with Gasteiger partial charge in [0.2, 0.25) is 0 Å². The lowest BCUT2D eigenvalue weighted by molar-refractivity contribution is -0.144. The first-order valence-electron chi connectivity index (χ1n) is 4.96. The number of hydrogen-bond acceptors (Lipinski definition) is 3. The molecular formula is C10H14O3. The van der Waals surface area contributed by atoms with Crippen LogP contribution in [0, 0.1) is 17.3 Å². The van der Waals surface area contributed by atoms with Crippen molar-refractivity contribution in [1.29, 1.82) is 0 Å². The highest BCUT2D eigenvalue weighted by Gasteiger charge is 2.76. The third-order valence-electron chi connectivity index (χ3n) is 4.75. The second-order valence-electron chi connectivity index (χ2n) is 5.04. The number of ketones is 1. The second-order valence-corrected chi connectivity index (χ2v) is 5.04. The van der Waals surface area contributed by atoms with E-state index in [0.717, 1.165) is 12.8 Å². The molecule has 3 aliphatic rings. The molecule has 3 fully saturated rings.